The van der Waals surface area contributed by atoms with E-state index < -0.39 is 6.10 Å². The number of piperidine rings is 1. The monoisotopic (exact) mass is 408 g/mol. The molecule has 3 atom stereocenters. The zero-order chi connectivity index (χ0) is 21.1. The maximum atomic E-state index is 12.7. The van der Waals surface area contributed by atoms with Crippen LogP contribution in [0.5, 0.6) is 0 Å². The van der Waals surface area contributed by atoms with Crippen LogP contribution in [-0.4, -0.2) is 46.6 Å². The zero-order valence-corrected chi connectivity index (χ0v) is 17.4. The highest BCUT2D eigenvalue weighted by Gasteiger charge is 2.49. The largest absolute Gasteiger partial charge is 0.362 e. The lowest BCUT2D eigenvalue weighted by atomic mass is 9.80. The molecule has 3 amide bonds. The molecule has 1 aromatic carbocycles. The maximum Gasteiger partial charge on any atom is 0.321 e. The normalized spacial score (nSPS) is 25.9. The Bertz CT molecular complexity index is 902. The number of benzene rings is 1. The lowest BCUT2D eigenvalue weighted by Crippen LogP contribution is -2.53. The molecule has 158 valence electrons. The van der Waals surface area contributed by atoms with Crippen molar-refractivity contribution >= 4 is 23.3 Å². The lowest BCUT2D eigenvalue weighted by molar-refractivity contribution is -0.141. The Morgan fingerprint density at radius 1 is 1.13 bits per heavy atom. The number of carbonyl (C=O) groups is 2. The smallest absolute Gasteiger partial charge is 0.321 e. The van der Waals surface area contributed by atoms with Crippen LogP contribution < -0.4 is 10.6 Å². The van der Waals surface area contributed by atoms with Crippen LogP contribution in [0.25, 0.3) is 0 Å². The van der Waals surface area contributed by atoms with Crippen LogP contribution in [-0.2, 0) is 9.53 Å². The summed E-state index contributed by atoms with van der Waals surface area (Å²) in [6.07, 6.45) is 5.06. The molecule has 1 unspecified atom stereocenters. The fourth-order valence-electron chi connectivity index (χ4n) is 4.35. The highest BCUT2D eigenvalue weighted by molar-refractivity contribution is 5.94. The molecule has 30 heavy (non-hydrogen) atoms. The number of aromatic nitrogens is 1. The Morgan fingerprint density at radius 2 is 1.93 bits per heavy atom. The minimum Gasteiger partial charge on any atom is -0.362 e. The SMILES string of the molecule is Cc1ccc(NC(=O)N2CC[C@@]3(CCC(C(=O)Nc4cccnc4)O3)[C@H](C)C2)cc1. The summed E-state index contributed by atoms with van der Waals surface area (Å²) in [6.45, 7) is 5.34. The lowest BCUT2D eigenvalue weighted by Gasteiger charge is -2.44. The molecule has 7 nitrogen and oxygen atoms in total. The summed E-state index contributed by atoms with van der Waals surface area (Å²) >= 11 is 0. The highest BCUT2D eigenvalue weighted by Crippen LogP contribution is 2.42. The van der Waals surface area contributed by atoms with Gasteiger partial charge in [0.25, 0.3) is 5.91 Å². The molecule has 1 aromatic heterocycles. The van der Waals surface area contributed by atoms with Gasteiger partial charge in [-0.05, 0) is 50.5 Å². The van der Waals surface area contributed by atoms with E-state index in [0.717, 1.165) is 24.1 Å². The molecule has 2 aliphatic rings. The third-order valence-corrected chi connectivity index (χ3v) is 6.22. The molecule has 7 heteroatoms. The number of ether oxygens (including phenoxy) is 1. The summed E-state index contributed by atoms with van der Waals surface area (Å²) in [4.78, 5) is 31.1. The van der Waals surface area contributed by atoms with E-state index in [2.05, 4.69) is 22.5 Å². The molecule has 0 saturated carbocycles. The molecule has 2 aromatic rings. The average Bonchev–Trinajstić information content (AvgIpc) is 3.18. The van der Waals surface area contributed by atoms with Crippen LogP contribution in [0.4, 0.5) is 16.2 Å². The quantitative estimate of drug-likeness (QED) is 0.809. The number of nitrogens with one attached hydrogen (secondary N) is 2. The first-order valence-electron chi connectivity index (χ1n) is 10.5. The fourth-order valence-corrected chi connectivity index (χ4v) is 4.35. The van der Waals surface area contributed by atoms with Crippen molar-refractivity contribution in [1.29, 1.82) is 0 Å². The van der Waals surface area contributed by atoms with E-state index in [0.29, 0.717) is 25.2 Å². The molecule has 2 saturated heterocycles. The second-order valence-electron chi connectivity index (χ2n) is 8.33. The summed E-state index contributed by atoms with van der Waals surface area (Å²) in [5, 5.41) is 5.85. The number of likely N-dealkylation sites (tertiary alicyclic amines) is 1. The summed E-state index contributed by atoms with van der Waals surface area (Å²) < 4.78 is 6.30. The number of hydrogen-bond donors (Lipinski definition) is 2. The van der Waals surface area contributed by atoms with Gasteiger partial charge in [-0.3, -0.25) is 9.78 Å². The van der Waals surface area contributed by atoms with Gasteiger partial charge in [0.2, 0.25) is 0 Å². The average molecular weight is 409 g/mol. The minimum atomic E-state index is -0.472. The van der Waals surface area contributed by atoms with E-state index >= 15 is 0 Å². The van der Waals surface area contributed by atoms with Gasteiger partial charge in [0.15, 0.2) is 0 Å². The second kappa shape index (κ2) is 8.44. The Kier molecular flexibility index (Phi) is 5.72. The van der Waals surface area contributed by atoms with Gasteiger partial charge in [-0.15, -0.1) is 0 Å². The van der Waals surface area contributed by atoms with Crippen molar-refractivity contribution in [3.8, 4) is 0 Å². The van der Waals surface area contributed by atoms with Gasteiger partial charge in [0.1, 0.15) is 6.10 Å². The Morgan fingerprint density at radius 3 is 2.63 bits per heavy atom. The molecule has 4 rings (SSSR count). The fraction of sp³-hybridized carbons (Fsp3) is 0.435. The van der Waals surface area contributed by atoms with E-state index in [1.54, 1.807) is 18.5 Å². The van der Waals surface area contributed by atoms with Gasteiger partial charge in [-0.25, -0.2) is 4.79 Å². The number of aryl methyl sites for hydroxylation is 1. The molecule has 3 heterocycles. The topological polar surface area (TPSA) is 83.6 Å². The molecular formula is C23H28N4O3. The van der Waals surface area contributed by atoms with Crippen molar-refractivity contribution in [3.63, 3.8) is 0 Å². The van der Waals surface area contributed by atoms with Crippen LogP contribution in [0.3, 0.4) is 0 Å². The van der Waals surface area contributed by atoms with Gasteiger partial charge in [0.05, 0.1) is 17.5 Å². The van der Waals surface area contributed by atoms with Crippen LogP contribution in [0.2, 0.25) is 0 Å². The van der Waals surface area contributed by atoms with Crippen molar-refractivity contribution in [2.75, 3.05) is 23.7 Å². The van der Waals surface area contributed by atoms with Crippen LogP contribution in [0.15, 0.2) is 48.8 Å². The number of urea groups is 1. The third kappa shape index (κ3) is 4.31. The summed E-state index contributed by atoms with van der Waals surface area (Å²) in [5.74, 6) is 0.0119. The zero-order valence-electron chi connectivity index (χ0n) is 17.4. The number of anilines is 2. The third-order valence-electron chi connectivity index (χ3n) is 6.22. The summed E-state index contributed by atoms with van der Waals surface area (Å²) in [6, 6.07) is 11.3. The first kappa shape index (κ1) is 20.3. The predicted octanol–water partition coefficient (Wildman–Crippen LogP) is 3.82. The van der Waals surface area contributed by atoms with E-state index in [1.165, 1.54) is 0 Å². The molecule has 0 radical (unpaired) electrons. The molecule has 0 bridgehead atoms. The number of nitrogens with zero attached hydrogens (tertiary/aromatic N) is 2. The summed E-state index contributed by atoms with van der Waals surface area (Å²) in [5.41, 5.74) is 2.27. The number of hydrogen-bond acceptors (Lipinski definition) is 4. The van der Waals surface area contributed by atoms with Crippen molar-refractivity contribution < 1.29 is 14.3 Å². The maximum absolute atomic E-state index is 12.7. The van der Waals surface area contributed by atoms with Gasteiger partial charge in [-0.1, -0.05) is 24.6 Å². The standard InChI is InChI=1S/C23H28N4O3/c1-16-5-7-18(8-6-16)26-22(29)27-13-11-23(17(2)15-27)10-9-20(30-23)21(28)25-19-4-3-12-24-14-19/h3-8,12,14,17,20H,9-11,13,15H2,1-2H3,(H,25,28)(H,26,29)/t17-,20?,23+/m1/s1. The van der Waals surface area contributed by atoms with Gasteiger partial charge in [0, 0.05) is 30.9 Å². The van der Waals surface area contributed by atoms with Crippen molar-refractivity contribution in [1.82, 2.24) is 9.88 Å². The number of amides is 3. The van der Waals surface area contributed by atoms with Crippen LogP contribution in [0, 0.1) is 12.8 Å². The molecular weight excluding hydrogens is 380 g/mol. The Labute approximate surface area is 176 Å². The van der Waals surface area contributed by atoms with Crippen LogP contribution >= 0.6 is 0 Å². The van der Waals surface area contributed by atoms with Crippen molar-refractivity contribution in [2.45, 2.75) is 44.8 Å². The van der Waals surface area contributed by atoms with E-state index in [-0.39, 0.29) is 23.5 Å². The predicted molar refractivity (Wildman–Crippen MR) is 115 cm³/mol. The first-order chi connectivity index (χ1) is 14.4. The molecule has 0 aliphatic carbocycles. The minimum absolute atomic E-state index is 0.0931. The number of rotatable bonds is 3. The summed E-state index contributed by atoms with van der Waals surface area (Å²) in [7, 11) is 0. The van der Waals surface area contributed by atoms with Crippen molar-refractivity contribution in [2.24, 2.45) is 5.92 Å². The molecule has 2 N–H and O–H groups in total. The van der Waals surface area contributed by atoms with E-state index in [9.17, 15) is 9.59 Å². The molecule has 1 spiro atoms. The second-order valence-corrected chi connectivity index (χ2v) is 8.33. The highest BCUT2D eigenvalue weighted by atomic mass is 16.5. The van der Waals surface area contributed by atoms with Gasteiger partial charge in [-0.2, -0.15) is 0 Å². The first-order valence-corrected chi connectivity index (χ1v) is 10.5. The number of carbonyl (C=O) groups excluding carboxylic acids is 2. The number of pyridine rings is 1. The van der Waals surface area contributed by atoms with E-state index in [1.807, 2.05) is 42.2 Å². The van der Waals surface area contributed by atoms with Gasteiger partial charge < -0.3 is 20.3 Å². The Balaban J connectivity index is 1.33. The van der Waals surface area contributed by atoms with E-state index in [4.69, 9.17) is 4.74 Å². The van der Waals surface area contributed by atoms with Gasteiger partial charge >= 0.3 is 6.03 Å². The molecule has 2 aliphatic heterocycles. The Hall–Kier alpha value is -2.93. The molecule has 2 fully saturated rings. The van der Waals surface area contributed by atoms with Crippen molar-refractivity contribution in [3.05, 3.63) is 54.4 Å². The van der Waals surface area contributed by atoms with Crippen LogP contribution in [0.1, 0.15) is 31.7 Å².